The molecular formula is C22H20FN3O3. The third-order valence-corrected chi connectivity index (χ3v) is 4.49. The van der Waals surface area contributed by atoms with Gasteiger partial charge in [-0.3, -0.25) is 19.0 Å². The van der Waals surface area contributed by atoms with E-state index < -0.39 is 17.3 Å². The molecule has 0 bridgehead atoms. The molecule has 3 rings (SSSR count). The largest absolute Gasteiger partial charge is 0.359 e. The van der Waals surface area contributed by atoms with Crippen LogP contribution in [0.2, 0.25) is 0 Å². The monoisotopic (exact) mass is 393 g/mol. The van der Waals surface area contributed by atoms with Gasteiger partial charge in [0.25, 0.3) is 11.5 Å². The highest BCUT2D eigenvalue weighted by atomic mass is 19.1. The standard InChI is InChI=1S/C22H20FN3O3/c1-14-11-12-26(18-9-5-16(23)6-10-18)22(29)20(14)21(28)25-17-7-3-15(4-8-17)13-19(27)24-2/h3-12H,13H2,1-2H3,(H,24,27)(H,25,28). The van der Waals surface area contributed by atoms with Crippen LogP contribution in [0, 0.1) is 12.7 Å². The first kappa shape index (κ1) is 20.0. The Hall–Kier alpha value is -3.74. The Morgan fingerprint density at radius 3 is 2.28 bits per heavy atom. The van der Waals surface area contributed by atoms with Gasteiger partial charge in [0.05, 0.1) is 6.42 Å². The number of likely N-dealkylation sites (N-methyl/N-ethyl adjacent to an activating group) is 1. The summed E-state index contributed by atoms with van der Waals surface area (Å²) in [7, 11) is 1.57. The van der Waals surface area contributed by atoms with Gasteiger partial charge >= 0.3 is 0 Å². The summed E-state index contributed by atoms with van der Waals surface area (Å²) in [5, 5.41) is 5.26. The zero-order chi connectivity index (χ0) is 21.0. The van der Waals surface area contributed by atoms with Crippen molar-refractivity contribution in [2.75, 3.05) is 12.4 Å². The van der Waals surface area contributed by atoms with Gasteiger partial charge in [0, 0.05) is 24.6 Å². The quantitative estimate of drug-likeness (QED) is 0.700. The van der Waals surface area contributed by atoms with Crippen molar-refractivity contribution in [2.24, 2.45) is 0 Å². The van der Waals surface area contributed by atoms with E-state index in [9.17, 15) is 18.8 Å². The summed E-state index contributed by atoms with van der Waals surface area (Å²) in [5.74, 6) is -1.06. The van der Waals surface area contributed by atoms with Crippen LogP contribution in [-0.4, -0.2) is 23.4 Å². The maximum Gasteiger partial charge on any atom is 0.268 e. The van der Waals surface area contributed by atoms with E-state index in [1.807, 2.05) is 0 Å². The van der Waals surface area contributed by atoms with Crippen molar-refractivity contribution in [3.63, 3.8) is 0 Å². The van der Waals surface area contributed by atoms with Gasteiger partial charge in [0.1, 0.15) is 11.4 Å². The normalized spacial score (nSPS) is 10.4. The molecule has 0 saturated carbocycles. The predicted molar refractivity (Wildman–Crippen MR) is 109 cm³/mol. The van der Waals surface area contributed by atoms with Crippen LogP contribution >= 0.6 is 0 Å². The second kappa shape index (κ2) is 8.52. The third-order valence-electron chi connectivity index (χ3n) is 4.49. The maximum absolute atomic E-state index is 13.2. The molecule has 1 aromatic heterocycles. The molecule has 0 aliphatic rings. The van der Waals surface area contributed by atoms with Gasteiger partial charge in [-0.1, -0.05) is 12.1 Å². The average molecular weight is 393 g/mol. The Kier molecular flexibility index (Phi) is 5.87. The lowest BCUT2D eigenvalue weighted by Crippen LogP contribution is -2.29. The smallest absolute Gasteiger partial charge is 0.268 e. The molecule has 2 aromatic carbocycles. The fraction of sp³-hybridized carbons (Fsp3) is 0.136. The fourth-order valence-corrected chi connectivity index (χ4v) is 2.88. The van der Waals surface area contributed by atoms with Gasteiger partial charge in [-0.15, -0.1) is 0 Å². The van der Waals surface area contributed by atoms with Gasteiger partial charge in [-0.25, -0.2) is 4.39 Å². The molecule has 0 aliphatic heterocycles. The van der Waals surface area contributed by atoms with Gasteiger partial charge in [0.2, 0.25) is 5.91 Å². The number of aromatic nitrogens is 1. The molecule has 3 aromatic rings. The van der Waals surface area contributed by atoms with Crippen LogP contribution in [0.15, 0.2) is 65.6 Å². The first-order valence-corrected chi connectivity index (χ1v) is 8.98. The molecule has 2 N–H and O–H groups in total. The number of benzene rings is 2. The zero-order valence-electron chi connectivity index (χ0n) is 16.0. The van der Waals surface area contributed by atoms with E-state index in [1.165, 1.54) is 28.8 Å². The molecule has 0 saturated heterocycles. The lowest BCUT2D eigenvalue weighted by molar-refractivity contribution is -0.119. The van der Waals surface area contributed by atoms with Crippen molar-refractivity contribution in [3.8, 4) is 5.69 Å². The van der Waals surface area contributed by atoms with Crippen molar-refractivity contribution in [1.82, 2.24) is 9.88 Å². The van der Waals surface area contributed by atoms with E-state index in [0.717, 1.165) is 5.56 Å². The number of halogens is 1. The third kappa shape index (κ3) is 4.57. The van der Waals surface area contributed by atoms with Crippen LogP contribution < -0.4 is 16.2 Å². The first-order chi connectivity index (χ1) is 13.9. The number of aryl methyl sites for hydroxylation is 1. The lowest BCUT2D eigenvalue weighted by atomic mass is 10.1. The van der Waals surface area contributed by atoms with Crippen molar-refractivity contribution in [2.45, 2.75) is 13.3 Å². The molecule has 7 heteroatoms. The summed E-state index contributed by atoms with van der Waals surface area (Å²) in [6.07, 6.45) is 1.79. The highest BCUT2D eigenvalue weighted by molar-refractivity contribution is 6.05. The summed E-state index contributed by atoms with van der Waals surface area (Å²) in [6, 6.07) is 13.9. The van der Waals surface area contributed by atoms with Crippen LogP contribution in [-0.2, 0) is 11.2 Å². The van der Waals surface area contributed by atoms with E-state index in [-0.39, 0.29) is 17.9 Å². The number of carbonyl (C=O) groups excluding carboxylic acids is 2. The summed E-state index contributed by atoms with van der Waals surface area (Å²) < 4.78 is 14.5. The Balaban J connectivity index is 1.85. The minimum atomic E-state index is -0.539. The number of nitrogens with zero attached hydrogens (tertiary/aromatic N) is 1. The summed E-state index contributed by atoms with van der Waals surface area (Å²) in [5.41, 5.74) is 1.81. The fourth-order valence-electron chi connectivity index (χ4n) is 2.88. The zero-order valence-corrected chi connectivity index (χ0v) is 16.0. The molecule has 148 valence electrons. The number of rotatable bonds is 5. The number of hydrogen-bond acceptors (Lipinski definition) is 3. The number of nitrogens with one attached hydrogen (secondary N) is 2. The maximum atomic E-state index is 13.2. The van der Waals surface area contributed by atoms with Gasteiger partial charge in [0.15, 0.2) is 0 Å². The number of amides is 2. The van der Waals surface area contributed by atoms with Gasteiger partial charge in [-0.05, 0) is 60.5 Å². The topological polar surface area (TPSA) is 80.2 Å². The van der Waals surface area contributed by atoms with E-state index in [4.69, 9.17) is 0 Å². The molecule has 2 amide bonds. The second-order valence-electron chi connectivity index (χ2n) is 6.53. The van der Waals surface area contributed by atoms with E-state index in [0.29, 0.717) is 16.9 Å². The average Bonchev–Trinajstić information content (AvgIpc) is 2.70. The van der Waals surface area contributed by atoms with Crippen molar-refractivity contribution in [3.05, 3.63) is 93.7 Å². The SMILES string of the molecule is CNC(=O)Cc1ccc(NC(=O)c2c(C)ccn(-c3ccc(F)cc3)c2=O)cc1. The molecule has 0 fully saturated rings. The van der Waals surface area contributed by atoms with E-state index >= 15 is 0 Å². The minimum absolute atomic E-state index is 0.00580. The van der Waals surface area contributed by atoms with Crippen LogP contribution in [0.25, 0.3) is 5.69 Å². The molecule has 0 unspecified atom stereocenters. The molecular weight excluding hydrogens is 373 g/mol. The molecule has 0 atom stereocenters. The van der Waals surface area contributed by atoms with Gasteiger partial charge < -0.3 is 10.6 Å². The van der Waals surface area contributed by atoms with Gasteiger partial charge in [-0.2, -0.15) is 0 Å². The summed E-state index contributed by atoms with van der Waals surface area (Å²) >= 11 is 0. The molecule has 0 radical (unpaired) electrons. The number of hydrogen-bond donors (Lipinski definition) is 2. The number of carbonyl (C=O) groups is 2. The molecule has 29 heavy (non-hydrogen) atoms. The van der Waals surface area contributed by atoms with Crippen molar-refractivity contribution >= 4 is 17.5 Å². The highest BCUT2D eigenvalue weighted by Gasteiger charge is 2.17. The number of anilines is 1. The van der Waals surface area contributed by atoms with E-state index in [1.54, 1.807) is 50.5 Å². The van der Waals surface area contributed by atoms with Crippen molar-refractivity contribution in [1.29, 1.82) is 0 Å². The summed E-state index contributed by atoms with van der Waals surface area (Å²) in [4.78, 5) is 37.1. The van der Waals surface area contributed by atoms with Crippen LogP contribution in [0.3, 0.4) is 0 Å². The Labute approximate surface area is 167 Å². The molecule has 0 aliphatic carbocycles. The first-order valence-electron chi connectivity index (χ1n) is 8.98. The Bertz CT molecular complexity index is 1100. The molecule has 1 heterocycles. The Morgan fingerprint density at radius 2 is 1.66 bits per heavy atom. The second-order valence-corrected chi connectivity index (χ2v) is 6.53. The Morgan fingerprint density at radius 1 is 1.00 bits per heavy atom. The lowest BCUT2D eigenvalue weighted by Gasteiger charge is -2.12. The summed E-state index contributed by atoms with van der Waals surface area (Å²) in [6.45, 7) is 1.68. The number of pyridine rings is 1. The van der Waals surface area contributed by atoms with Crippen LogP contribution in [0.1, 0.15) is 21.5 Å². The molecule has 6 nitrogen and oxygen atoms in total. The molecule has 0 spiro atoms. The highest BCUT2D eigenvalue weighted by Crippen LogP contribution is 2.14. The minimum Gasteiger partial charge on any atom is -0.359 e. The van der Waals surface area contributed by atoms with E-state index in [2.05, 4.69) is 10.6 Å². The van der Waals surface area contributed by atoms with Crippen LogP contribution in [0.4, 0.5) is 10.1 Å². The van der Waals surface area contributed by atoms with Crippen LogP contribution in [0.5, 0.6) is 0 Å². The predicted octanol–water partition coefficient (Wildman–Crippen LogP) is 2.83. The van der Waals surface area contributed by atoms with Crippen molar-refractivity contribution < 1.29 is 14.0 Å².